The average Bonchev–Trinajstić information content (AvgIpc) is 2.73. The fraction of sp³-hybridized carbons (Fsp3) is 0.214. The number of Topliss-reactive ketones (excluding diaryl/α,β-unsaturated/α-hetero) is 1. The van der Waals surface area contributed by atoms with Crippen molar-refractivity contribution in [2.75, 3.05) is 0 Å². The van der Waals surface area contributed by atoms with Gasteiger partial charge in [-0.1, -0.05) is 19.6 Å². The number of rotatable bonds is 1. The van der Waals surface area contributed by atoms with Gasteiger partial charge in [0.05, 0.1) is 5.52 Å². The minimum absolute atomic E-state index is 0. The van der Waals surface area contributed by atoms with Gasteiger partial charge < -0.3 is 16.0 Å². The van der Waals surface area contributed by atoms with Gasteiger partial charge in [-0.3, -0.25) is 9.59 Å². The van der Waals surface area contributed by atoms with Gasteiger partial charge in [0.1, 0.15) is 5.69 Å². The van der Waals surface area contributed by atoms with Crippen LogP contribution >= 0.6 is 0 Å². The first-order chi connectivity index (χ1) is 9.08. The molecule has 1 aliphatic heterocycles. The molecule has 0 bridgehead atoms. The Hall–Kier alpha value is -2.63. The van der Waals surface area contributed by atoms with Crippen LogP contribution in [0.5, 0.6) is 0 Å². The van der Waals surface area contributed by atoms with Crippen LogP contribution in [0.4, 0.5) is 0 Å². The van der Waals surface area contributed by atoms with Crippen molar-refractivity contribution in [1.29, 1.82) is 0 Å². The maximum atomic E-state index is 12.0. The SMILES string of the molecule is C.NC(N)=NC(=O)c1cc2cccc3c2n1CCC3=O. The highest BCUT2D eigenvalue weighted by Gasteiger charge is 2.24. The zero-order valence-electron chi connectivity index (χ0n) is 10.1. The van der Waals surface area contributed by atoms with E-state index in [1.54, 1.807) is 22.8 Å². The Bertz CT molecular complexity index is 739. The summed E-state index contributed by atoms with van der Waals surface area (Å²) in [6.45, 7) is 0.473. The molecule has 4 N–H and O–H groups in total. The molecule has 2 aromatic rings. The molecule has 1 aromatic carbocycles. The zero-order chi connectivity index (χ0) is 13.6. The first kappa shape index (κ1) is 13.8. The van der Waals surface area contributed by atoms with Crippen LogP contribution in [-0.4, -0.2) is 22.2 Å². The van der Waals surface area contributed by atoms with Crippen LogP contribution in [0.2, 0.25) is 0 Å². The number of aryl methyl sites for hydroxylation is 1. The number of hydrogen-bond donors (Lipinski definition) is 2. The van der Waals surface area contributed by atoms with E-state index in [4.69, 9.17) is 11.5 Å². The van der Waals surface area contributed by atoms with Crippen molar-refractivity contribution in [3.05, 3.63) is 35.5 Å². The first-order valence-corrected chi connectivity index (χ1v) is 5.87. The van der Waals surface area contributed by atoms with Crippen LogP contribution in [0.15, 0.2) is 29.3 Å². The van der Waals surface area contributed by atoms with Gasteiger partial charge in [-0.15, -0.1) is 0 Å². The van der Waals surface area contributed by atoms with E-state index < -0.39 is 5.91 Å². The third-order valence-electron chi connectivity index (χ3n) is 3.23. The maximum Gasteiger partial charge on any atom is 0.296 e. The second-order valence-electron chi connectivity index (χ2n) is 4.44. The third kappa shape index (κ3) is 1.95. The van der Waals surface area contributed by atoms with E-state index in [2.05, 4.69) is 4.99 Å². The highest BCUT2D eigenvalue weighted by Crippen LogP contribution is 2.29. The second kappa shape index (κ2) is 4.80. The molecule has 0 unspecified atom stereocenters. The fourth-order valence-corrected chi connectivity index (χ4v) is 2.48. The molecule has 0 saturated heterocycles. The molecule has 0 radical (unpaired) electrons. The summed E-state index contributed by atoms with van der Waals surface area (Å²) in [6, 6.07) is 7.15. The summed E-state index contributed by atoms with van der Waals surface area (Å²) in [5.74, 6) is -0.663. The number of aliphatic imine (C=N–C) groups is 1. The number of nitrogens with zero attached hydrogens (tertiary/aromatic N) is 2. The summed E-state index contributed by atoms with van der Waals surface area (Å²) in [5.41, 5.74) is 12.3. The lowest BCUT2D eigenvalue weighted by atomic mass is 10.0. The van der Waals surface area contributed by atoms with Gasteiger partial charge in [0, 0.05) is 23.9 Å². The molecule has 0 atom stereocenters. The molecule has 0 spiro atoms. The lowest BCUT2D eigenvalue weighted by Crippen LogP contribution is -2.25. The molecular formula is C14H16N4O2. The Balaban J connectivity index is 0.00000147. The van der Waals surface area contributed by atoms with E-state index in [0.29, 0.717) is 24.2 Å². The quantitative estimate of drug-likeness (QED) is 0.602. The normalized spacial score (nSPS) is 12.9. The van der Waals surface area contributed by atoms with Gasteiger partial charge >= 0.3 is 0 Å². The number of ketones is 1. The van der Waals surface area contributed by atoms with Crippen molar-refractivity contribution < 1.29 is 9.59 Å². The highest BCUT2D eigenvalue weighted by molar-refractivity contribution is 6.11. The number of amides is 1. The Morgan fingerprint density at radius 3 is 2.75 bits per heavy atom. The molecular weight excluding hydrogens is 256 g/mol. The molecule has 0 aliphatic carbocycles. The number of para-hydroxylation sites is 1. The first-order valence-electron chi connectivity index (χ1n) is 5.87. The zero-order valence-corrected chi connectivity index (χ0v) is 10.1. The summed E-state index contributed by atoms with van der Waals surface area (Å²) in [4.78, 5) is 27.4. The molecule has 6 nitrogen and oxygen atoms in total. The summed E-state index contributed by atoms with van der Waals surface area (Å²) in [5, 5.41) is 0.847. The van der Waals surface area contributed by atoms with Gasteiger partial charge in [0.25, 0.3) is 5.91 Å². The highest BCUT2D eigenvalue weighted by atomic mass is 16.1. The average molecular weight is 272 g/mol. The van der Waals surface area contributed by atoms with Crippen molar-refractivity contribution in [3.8, 4) is 0 Å². The molecule has 0 saturated carbocycles. The minimum Gasteiger partial charge on any atom is -0.370 e. The molecule has 1 aliphatic rings. The van der Waals surface area contributed by atoms with Crippen LogP contribution in [0, 0.1) is 0 Å². The van der Waals surface area contributed by atoms with Gasteiger partial charge in [-0.2, -0.15) is 4.99 Å². The number of carbonyl (C=O) groups is 2. The molecule has 1 amide bonds. The minimum atomic E-state index is -0.489. The molecule has 0 fully saturated rings. The van der Waals surface area contributed by atoms with Crippen molar-refractivity contribution in [3.63, 3.8) is 0 Å². The van der Waals surface area contributed by atoms with Crippen LogP contribution in [0.25, 0.3) is 10.9 Å². The number of aromatic nitrogens is 1. The number of carbonyl (C=O) groups excluding carboxylic acids is 2. The van der Waals surface area contributed by atoms with Gasteiger partial charge in [-0.05, 0) is 12.1 Å². The number of hydrogen-bond acceptors (Lipinski definition) is 2. The van der Waals surface area contributed by atoms with E-state index in [0.717, 1.165) is 10.9 Å². The van der Waals surface area contributed by atoms with Crippen molar-refractivity contribution in [2.24, 2.45) is 16.5 Å². The monoisotopic (exact) mass is 272 g/mol. The van der Waals surface area contributed by atoms with E-state index in [9.17, 15) is 9.59 Å². The lowest BCUT2D eigenvalue weighted by Gasteiger charge is -2.16. The molecule has 104 valence electrons. The van der Waals surface area contributed by atoms with Gasteiger partial charge in [0.2, 0.25) is 0 Å². The third-order valence-corrected chi connectivity index (χ3v) is 3.23. The Morgan fingerprint density at radius 2 is 2.05 bits per heavy atom. The summed E-state index contributed by atoms with van der Waals surface area (Å²) in [6.07, 6.45) is 0.378. The summed E-state index contributed by atoms with van der Waals surface area (Å²) >= 11 is 0. The van der Waals surface area contributed by atoms with E-state index >= 15 is 0 Å². The Morgan fingerprint density at radius 1 is 1.30 bits per heavy atom. The van der Waals surface area contributed by atoms with E-state index in [1.807, 2.05) is 6.07 Å². The summed E-state index contributed by atoms with van der Waals surface area (Å²) in [7, 11) is 0. The molecule has 6 heteroatoms. The maximum absolute atomic E-state index is 12.0. The lowest BCUT2D eigenvalue weighted by molar-refractivity contribution is 0.0958. The topological polar surface area (TPSA) is 103 Å². The molecule has 20 heavy (non-hydrogen) atoms. The predicted octanol–water partition coefficient (Wildman–Crippen LogP) is 1.28. The predicted molar refractivity (Wildman–Crippen MR) is 77.8 cm³/mol. The van der Waals surface area contributed by atoms with Crippen molar-refractivity contribution >= 4 is 28.6 Å². The standard InChI is InChI=1S/C13H12N4O2.CH4/c14-13(15)16-12(19)9-6-7-2-1-3-8-10(18)4-5-17(9)11(7)8;/h1-3,6H,4-5H2,(H4,14,15,16,19);1H4. The summed E-state index contributed by atoms with van der Waals surface area (Å²) < 4.78 is 1.81. The van der Waals surface area contributed by atoms with Crippen LogP contribution in [-0.2, 0) is 6.54 Å². The number of nitrogens with two attached hydrogens (primary N) is 2. The van der Waals surface area contributed by atoms with Gasteiger partial charge in [-0.25, -0.2) is 0 Å². The number of guanidine groups is 1. The van der Waals surface area contributed by atoms with Crippen LogP contribution in [0.3, 0.4) is 0 Å². The Labute approximate surface area is 116 Å². The van der Waals surface area contributed by atoms with Crippen LogP contribution < -0.4 is 11.5 Å². The molecule has 1 aromatic heterocycles. The second-order valence-corrected chi connectivity index (χ2v) is 4.44. The van der Waals surface area contributed by atoms with E-state index in [1.165, 1.54) is 0 Å². The number of benzene rings is 1. The molecule has 2 heterocycles. The van der Waals surface area contributed by atoms with Crippen LogP contribution in [0.1, 0.15) is 34.7 Å². The fourth-order valence-electron chi connectivity index (χ4n) is 2.48. The largest absolute Gasteiger partial charge is 0.370 e. The van der Waals surface area contributed by atoms with Crippen molar-refractivity contribution in [1.82, 2.24) is 4.57 Å². The van der Waals surface area contributed by atoms with Crippen molar-refractivity contribution in [2.45, 2.75) is 20.4 Å². The Kier molecular flexibility index (Phi) is 3.31. The van der Waals surface area contributed by atoms with Gasteiger partial charge in [0.15, 0.2) is 11.7 Å². The molecule has 3 rings (SSSR count). The smallest absolute Gasteiger partial charge is 0.296 e. The van der Waals surface area contributed by atoms with E-state index in [-0.39, 0.29) is 19.2 Å².